The van der Waals surface area contributed by atoms with Gasteiger partial charge in [-0.2, -0.15) is 0 Å². The number of hydrogen-bond donors (Lipinski definition) is 0. The van der Waals surface area contributed by atoms with E-state index in [0.29, 0.717) is 5.82 Å². The maximum Gasteiger partial charge on any atom is 0.160 e. The van der Waals surface area contributed by atoms with Crippen molar-refractivity contribution in [2.45, 2.75) is 0 Å². The van der Waals surface area contributed by atoms with E-state index >= 15 is 0 Å². The molecule has 2 heterocycles. The Kier molecular flexibility index (Phi) is 6.81. The monoisotopic (exact) mass is 649 g/mol. The molecule has 10 aromatic rings. The molecule has 3 nitrogen and oxygen atoms in total. The Labute approximate surface area is 295 Å². The van der Waals surface area contributed by atoms with Crippen molar-refractivity contribution in [1.82, 2.24) is 14.5 Å². The third-order valence-corrected chi connectivity index (χ3v) is 9.95. The van der Waals surface area contributed by atoms with Crippen molar-refractivity contribution in [3.05, 3.63) is 188 Å². The Balaban J connectivity index is 1.30. The molecule has 0 fully saturated rings. The van der Waals surface area contributed by atoms with E-state index in [4.69, 9.17) is 9.97 Å². The second-order valence-electron chi connectivity index (χ2n) is 13.0. The summed E-state index contributed by atoms with van der Waals surface area (Å²) in [7, 11) is 0. The van der Waals surface area contributed by atoms with Crippen molar-refractivity contribution in [3.8, 4) is 50.7 Å². The number of benzene rings is 8. The number of fused-ring (bicyclic) bond motifs is 7. The molecule has 0 amide bonds. The van der Waals surface area contributed by atoms with E-state index in [1.807, 2.05) is 12.1 Å². The molecule has 0 saturated heterocycles. The number of aromatic nitrogens is 3. The van der Waals surface area contributed by atoms with Gasteiger partial charge < -0.3 is 4.57 Å². The summed E-state index contributed by atoms with van der Waals surface area (Å²) in [5, 5.41) is 7.49. The quantitative estimate of drug-likeness (QED) is 0.186. The zero-order valence-corrected chi connectivity index (χ0v) is 27.7. The smallest absolute Gasteiger partial charge is 0.160 e. The van der Waals surface area contributed by atoms with Crippen LogP contribution in [0.25, 0.3) is 94.1 Å². The summed E-state index contributed by atoms with van der Waals surface area (Å²) < 4.78 is 2.43. The van der Waals surface area contributed by atoms with Crippen LogP contribution in [0, 0.1) is 0 Å². The van der Waals surface area contributed by atoms with Crippen molar-refractivity contribution >= 4 is 43.4 Å². The van der Waals surface area contributed by atoms with Gasteiger partial charge in [0.2, 0.25) is 0 Å². The molecule has 238 valence electrons. The van der Waals surface area contributed by atoms with Crippen LogP contribution in [0.1, 0.15) is 0 Å². The first-order valence-corrected chi connectivity index (χ1v) is 17.3. The van der Waals surface area contributed by atoms with E-state index in [9.17, 15) is 0 Å². The molecule has 51 heavy (non-hydrogen) atoms. The molecule has 0 saturated carbocycles. The summed E-state index contributed by atoms with van der Waals surface area (Å²) in [5.74, 6) is 0.686. The van der Waals surface area contributed by atoms with Crippen LogP contribution in [0.5, 0.6) is 0 Å². The predicted octanol–water partition coefficient (Wildman–Crippen LogP) is 12.5. The maximum atomic E-state index is 5.24. The van der Waals surface area contributed by atoms with Gasteiger partial charge >= 0.3 is 0 Å². The SMILES string of the molecule is c1ccc(-c2cc(-c3nc(-c4ccccc4)cc(-c4ccccc4)n3)cc(-n3c4ccc5ccccc5c4c4c5ccccc5ccc43)c2)cc1. The summed E-state index contributed by atoms with van der Waals surface area (Å²) in [6.07, 6.45) is 0. The minimum Gasteiger partial charge on any atom is -0.309 e. The fourth-order valence-electron chi connectivity index (χ4n) is 7.58. The zero-order valence-electron chi connectivity index (χ0n) is 27.7. The standard InChI is InChI=1S/C48H31N3/c1-4-14-32(15-5-1)37-28-38(48-49-42(35-18-6-2-7-19-35)31-43(50-48)36-20-8-3-9-21-36)30-39(29-37)51-44-26-24-33-16-10-12-22-40(33)46(44)47-41-23-13-11-17-34(41)25-27-45(47)51/h1-31H. The molecule has 8 aromatic carbocycles. The largest absolute Gasteiger partial charge is 0.309 e. The third kappa shape index (κ3) is 4.98. The molecular weight excluding hydrogens is 619 g/mol. The molecule has 0 aliphatic heterocycles. The lowest BCUT2D eigenvalue weighted by molar-refractivity contribution is 1.16. The molecule has 10 rings (SSSR count). The highest BCUT2D eigenvalue weighted by Gasteiger charge is 2.19. The van der Waals surface area contributed by atoms with Gasteiger partial charge in [-0.1, -0.05) is 152 Å². The normalized spacial score (nSPS) is 11.5. The Hall–Kier alpha value is -6.84. The number of rotatable bonds is 5. The first kappa shape index (κ1) is 29.1. The van der Waals surface area contributed by atoms with Crippen molar-refractivity contribution in [1.29, 1.82) is 0 Å². The van der Waals surface area contributed by atoms with E-state index in [-0.39, 0.29) is 0 Å². The Morgan fingerprint density at radius 3 is 1.31 bits per heavy atom. The van der Waals surface area contributed by atoms with Crippen LogP contribution < -0.4 is 0 Å². The summed E-state index contributed by atoms with van der Waals surface area (Å²) in [5.41, 5.74) is 10.5. The van der Waals surface area contributed by atoms with Gasteiger partial charge in [0.05, 0.1) is 22.4 Å². The van der Waals surface area contributed by atoms with Crippen molar-refractivity contribution < 1.29 is 0 Å². The first-order chi connectivity index (χ1) is 25.3. The molecular formula is C48H31N3. The van der Waals surface area contributed by atoms with Gasteiger partial charge in [0, 0.05) is 33.2 Å². The van der Waals surface area contributed by atoms with Crippen molar-refractivity contribution in [2.75, 3.05) is 0 Å². The highest BCUT2D eigenvalue weighted by molar-refractivity contribution is 6.28. The molecule has 3 heteroatoms. The molecule has 0 N–H and O–H groups in total. The molecule has 0 radical (unpaired) electrons. The Morgan fingerprint density at radius 1 is 0.333 bits per heavy atom. The van der Waals surface area contributed by atoms with E-state index in [1.54, 1.807) is 0 Å². The highest BCUT2D eigenvalue weighted by Crippen LogP contribution is 2.42. The van der Waals surface area contributed by atoms with Gasteiger partial charge in [-0.15, -0.1) is 0 Å². The number of hydrogen-bond acceptors (Lipinski definition) is 2. The van der Waals surface area contributed by atoms with Crippen LogP contribution in [-0.4, -0.2) is 14.5 Å². The lowest BCUT2D eigenvalue weighted by atomic mass is 10.00. The molecule has 0 aliphatic rings. The number of nitrogens with zero attached hydrogens (tertiary/aromatic N) is 3. The molecule has 2 aromatic heterocycles. The fourth-order valence-corrected chi connectivity index (χ4v) is 7.58. The molecule has 0 bridgehead atoms. The lowest BCUT2D eigenvalue weighted by Gasteiger charge is -2.15. The lowest BCUT2D eigenvalue weighted by Crippen LogP contribution is -1.99. The predicted molar refractivity (Wildman–Crippen MR) is 213 cm³/mol. The zero-order chi connectivity index (χ0) is 33.7. The summed E-state index contributed by atoms with van der Waals surface area (Å²) in [6, 6.07) is 66.8. The van der Waals surface area contributed by atoms with E-state index in [1.165, 1.54) is 43.4 Å². The minimum atomic E-state index is 0.686. The Morgan fingerprint density at radius 2 is 0.784 bits per heavy atom. The van der Waals surface area contributed by atoms with Crippen LogP contribution >= 0.6 is 0 Å². The van der Waals surface area contributed by atoms with Gasteiger partial charge in [-0.3, -0.25) is 0 Å². The van der Waals surface area contributed by atoms with Crippen LogP contribution in [0.3, 0.4) is 0 Å². The molecule has 0 spiro atoms. The fraction of sp³-hybridized carbons (Fsp3) is 0. The molecule has 0 atom stereocenters. The van der Waals surface area contributed by atoms with Gasteiger partial charge in [0.1, 0.15) is 0 Å². The van der Waals surface area contributed by atoms with Crippen LogP contribution in [-0.2, 0) is 0 Å². The molecule has 0 aliphatic carbocycles. The second kappa shape index (κ2) is 11.9. The van der Waals surface area contributed by atoms with Gasteiger partial charge in [-0.25, -0.2) is 9.97 Å². The third-order valence-electron chi connectivity index (χ3n) is 9.95. The van der Waals surface area contributed by atoms with Crippen LogP contribution in [0.2, 0.25) is 0 Å². The van der Waals surface area contributed by atoms with Crippen molar-refractivity contribution in [2.24, 2.45) is 0 Å². The topological polar surface area (TPSA) is 30.7 Å². The molecule has 0 unspecified atom stereocenters. The first-order valence-electron chi connectivity index (χ1n) is 17.3. The van der Waals surface area contributed by atoms with E-state index in [2.05, 4.69) is 180 Å². The summed E-state index contributed by atoms with van der Waals surface area (Å²) in [6.45, 7) is 0. The average Bonchev–Trinajstić information content (AvgIpc) is 3.57. The average molecular weight is 650 g/mol. The second-order valence-corrected chi connectivity index (χ2v) is 13.0. The van der Waals surface area contributed by atoms with Crippen LogP contribution in [0.15, 0.2) is 188 Å². The maximum absolute atomic E-state index is 5.24. The van der Waals surface area contributed by atoms with Gasteiger partial charge in [0.15, 0.2) is 5.82 Å². The van der Waals surface area contributed by atoms with E-state index in [0.717, 1.165) is 44.9 Å². The Bertz CT molecular complexity index is 2740. The van der Waals surface area contributed by atoms with Gasteiger partial charge in [0.25, 0.3) is 0 Å². The highest BCUT2D eigenvalue weighted by atomic mass is 15.0. The summed E-state index contributed by atoms with van der Waals surface area (Å²) >= 11 is 0. The summed E-state index contributed by atoms with van der Waals surface area (Å²) in [4.78, 5) is 10.5. The minimum absolute atomic E-state index is 0.686. The van der Waals surface area contributed by atoms with E-state index < -0.39 is 0 Å². The van der Waals surface area contributed by atoms with Crippen molar-refractivity contribution in [3.63, 3.8) is 0 Å². The van der Waals surface area contributed by atoms with Gasteiger partial charge in [-0.05, 0) is 69.1 Å². The van der Waals surface area contributed by atoms with Crippen LogP contribution in [0.4, 0.5) is 0 Å².